The van der Waals surface area contributed by atoms with Crippen LogP contribution in [0.15, 0.2) is 36.4 Å². The van der Waals surface area contributed by atoms with E-state index in [9.17, 15) is 31.9 Å². The molecule has 0 spiro atoms. The molecule has 0 atom stereocenters. The molecule has 9 heteroatoms. The molecule has 0 saturated carbocycles. The van der Waals surface area contributed by atoms with E-state index in [1.54, 1.807) is 0 Å². The van der Waals surface area contributed by atoms with E-state index in [0.29, 0.717) is 6.07 Å². The number of phenolic OH excluding ortho intramolecular Hbond substituents is 1. The molecule has 2 aromatic carbocycles. The van der Waals surface area contributed by atoms with Gasteiger partial charge in [0.2, 0.25) is 0 Å². The van der Waals surface area contributed by atoms with Crippen LogP contribution < -0.4 is 10.1 Å². The van der Waals surface area contributed by atoms with Crippen LogP contribution >= 0.6 is 0 Å². The lowest BCUT2D eigenvalue weighted by Gasteiger charge is -2.11. The number of ether oxygens (including phenoxy) is 1. The maximum Gasteiger partial charge on any atom is 0.422 e. The molecule has 0 aromatic heterocycles. The van der Waals surface area contributed by atoms with E-state index in [1.807, 2.05) is 0 Å². The van der Waals surface area contributed by atoms with Gasteiger partial charge in [0.15, 0.2) is 18.2 Å². The molecule has 2 aromatic rings. The number of hydrogen-bond donors (Lipinski definition) is 2. The Labute approximate surface area is 132 Å². The first-order valence-corrected chi connectivity index (χ1v) is 6.45. The van der Waals surface area contributed by atoms with Crippen LogP contribution in [0, 0.1) is 11.6 Å². The molecule has 2 N–H and O–H groups in total. The molecule has 0 saturated heterocycles. The van der Waals surface area contributed by atoms with E-state index in [1.165, 1.54) is 18.2 Å². The SMILES string of the molecule is O=C(Nc1cccc(OCC(F)(F)F)c1)c1c(F)ccc(O)c1F. The molecule has 0 bridgehead atoms. The van der Waals surface area contributed by atoms with Crippen LogP contribution in [0.1, 0.15) is 10.4 Å². The van der Waals surface area contributed by atoms with Gasteiger partial charge >= 0.3 is 6.18 Å². The smallest absolute Gasteiger partial charge is 0.422 e. The van der Waals surface area contributed by atoms with Crippen LogP contribution in [0.2, 0.25) is 0 Å². The first kappa shape index (κ1) is 17.5. The molecule has 0 unspecified atom stereocenters. The quantitative estimate of drug-likeness (QED) is 0.826. The van der Waals surface area contributed by atoms with Crippen LogP contribution in [-0.2, 0) is 0 Å². The Morgan fingerprint density at radius 2 is 1.88 bits per heavy atom. The van der Waals surface area contributed by atoms with E-state index in [-0.39, 0.29) is 11.4 Å². The second kappa shape index (κ2) is 6.73. The molecule has 0 aliphatic carbocycles. The van der Waals surface area contributed by atoms with Gasteiger partial charge in [-0.15, -0.1) is 0 Å². The zero-order chi connectivity index (χ0) is 17.9. The number of alkyl halides is 3. The number of carbonyl (C=O) groups excluding carboxylic acids is 1. The predicted octanol–water partition coefficient (Wildman–Crippen LogP) is 3.86. The summed E-state index contributed by atoms with van der Waals surface area (Å²) in [7, 11) is 0. The third-order valence-electron chi connectivity index (χ3n) is 2.79. The fourth-order valence-corrected chi connectivity index (χ4v) is 1.77. The first-order chi connectivity index (χ1) is 11.2. The van der Waals surface area contributed by atoms with Crippen molar-refractivity contribution in [1.29, 1.82) is 0 Å². The highest BCUT2D eigenvalue weighted by Gasteiger charge is 2.28. The van der Waals surface area contributed by atoms with Crippen molar-refractivity contribution in [3.8, 4) is 11.5 Å². The minimum atomic E-state index is -4.53. The Morgan fingerprint density at radius 3 is 2.54 bits per heavy atom. The normalized spacial score (nSPS) is 11.2. The van der Waals surface area contributed by atoms with Gasteiger partial charge < -0.3 is 15.2 Å². The van der Waals surface area contributed by atoms with Crippen molar-refractivity contribution >= 4 is 11.6 Å². The highest BCUT2D eigenvalue weighted by atomic mass is 19.4. The Hall–Kier alpha value is -2.84. The van der Waals surface area contributed by atoms with Gasteiger partial charge in [-0.25, -0.2) is 8.78 Å². The van der Waals surface area contributed by atoms with Crippen LogP contribution in [0.5, 0.6) is 11.5 Å². The number of halogens is 5. The molecular weight excluding hydrogens is 337 g/mol. The predicted molar refractivity (Wildman–Crippen MR) is 74.0 cm³/mol. The lowest BCUT2D eigenvalue weighted by molar-refractivity contribution is -0.153. The number of hydrogen-bond acceptors (Lipinski definition) is 3. The number of amides is 1. The standard InChI is InChI=1S/C15H10F5NO3/c16-10-4-5-11(22)13(17)12(10)14(23)21-8-2-1-3-9(6-8)24-7-15(18,19)20/h1-6,22H,7H2,(H,21,23). The number of nitrogens with one attached hydrogen (secondary N) is 1. The molecule has 0 aliphatic rings. The molecule has 0 heterocycles. The minimum Gasteiger partial charge on any atom is -0.505 e. The fourth-order valence-electron chi connectivity index (χ4n) is 1.77. The zero-order valence-electron chi connectivity index (χ0n) is 11.8. The van der Waals surface area contributed by atoms with Gasteiger partial charge in [-0.2, -0.15) is 13.2 Å². The van der Waals surface area contributed by atoms with Gasteiger partial charge in [0.1, 0.15) is 17.1 Å². The van der Waals surface area contributed by atoms with Crippen LogP contribution in [0.3, 0.4) is 0 Å². The van der Waals surface area contributed by atoms with Crippen molar-refractivity contribution < 1.29 is 36.6 Å². The van der Waals surface area contributed by atoms with Gasteiger partial charge in [0.25, 0.3) is 5.91 Å². The Kier molecular flexibility index (Phi) is 4.91. The third-order valence-corrected chi connectivity index (χ3v) is 2.79. The topological polar surface area (TPSA) is 58.6 Å². The average molecular weight is 347 g/mol. The van der Waals surface area contributed by atoms with Gasteiger partial charge in [-0.3, -0.25) is 4.79 Å². The summed E-state index contributed by atoms with van der Waals surface area (Å²) in [5.41, 5.74) is -1.06. The van der Waals surface area contributed by atoms with E-state index < -0.39 is 41.6 Å². The molecule has 128 valence electrons. The summed E-state index contributed by atoms with van der Waals surface area (Å²) in [4.78, 5) is 11.9. The number of aromatic hydroxyl groups is 1. The number of carbonyl (C=O) groups is 1. The van der Waals surface area contributed by atoms with E-state index >= 15 is 0 Å². The highest BCUT2D eigenvalue weighted by molar-refractivity contribution is 6.05. The van der Waals surface area contributed by atoms with Gasteiger partial charge in [-0.05, 0) is 24.3 Å². The highest BCUT2D eigenvalue weighted by Crippen LogP contribution is 2.25. The summed E-state index contributed by atoms with van der Waals surface area (Å²) in [6, 6.07) is 6.30. The molecule has 0 radical (unpaired) electrons. The second-order valence-corrected chi connectivity index (χ2v) is 4.64. The van der Waals surface area contributed by atoms with Crippen molar-refractivity contribution in [2.45, 2.75) is 6.18 Å². The summed E-state index contributed by atoms with van der Waals surface area (Å²) >= 11 is 0. The van der Waals surface area contributed by atoms with Gasteiger partial charge in [0.05, 0.1) is 0 Å². The summed E-state index contributed by atoms with van der Waals surface area (Å²) < 4.78 is 68.0. The zero-order valence-corrected chi connectivity index (χ0v) is 11.8. The Morgan fingerprint density at radius 1 is 1.17 bits per heavy atom. The number of benzene rings is 2. The van der Waals surface area contributed by atoms with E-state index in [0.717, 1.165) is 12.1 Å². The van der Waals surface area contributed by atoms with Gasteiger partial charge in [0, 0.05) is 11.8 Å². The van der Waals surface area contributed by atoms with Gasteiger partial charge in [-0.1, -0.05) is 6.07 Å². The monoisotopic (exact) mass is 347 g/mol. The van der Waals surface area contributed by atoms with Crippen LogP contribution in [-0.4, -0.2) is 23.8 Å². The average Bonchev–Trinajstić information content (AvgIpc) is 2.49. The summed E-state index contributed by atoms with van der Waals surface area (Å²) in [6.07, 6.45) is -4.53. The largest absolute Gasteiger partial charge is 0.505 e. The second-order valence-electron chi connectivity index (χ2n) is 4.64. The molecule has 1 amide bonds. The molecule has 4 nitrogen and oxygen atoms in total. The lowest BCUT2D eigenvalue weighted by atomic mass is 10.1. The number of rotatable bonds is 4. The molecular formula is C15H10F5NO3. The van der Waals surface area contributed by atoms with Crippen LogP contribution in [0.4, 0.5) is 27.6 Å². The maximum absolute atomic E-state index is 13.6. The lowest BCUT2D eigenvalue weighted by Crippen LogP contribution is -2.19. The molecule has 24 heavy (non-hydrogen) atoms. The number of phenols is 1. The van der Waals surface area contributed by atoms with E-state index in [2.05, 4.69) is 10.1 Å². The first-order valence-electron chi connectivity index (χ1n) is 6.45. The Balaban J connectivity index is 2.17. The Bertz CT molecular complexity index is 761. The van der Waals surface area contributed by atoms with Crippen LogP contribution in [0.25, 0.3) is 0 Å². The summed E-state index contributed by atoms with van der Waals surface area (Å²) in [5.74, 6) is -4.97. The third kappa shape index (κ3) is 4.34. The van der Waals surface area contributed by atoms with Crippen molar-refractivity contribution in [3.63, 3.8) is 0 Å². The minimum absolute atomic E-state index is 0.0400. The van der Waals surface area contributed by atoms with Crippen molar-refractivity contribution in [2.24, 2.45) is 0 Å². The summed E-state index contributed by atoms with van der Waals surface area (Å²) in [6.45, 7) is -1.53. The van der Waals surface area contributed by atoms with E-state index in [4.69, 9.17) is 0 Å². The maximum atomic E-state index is 13.6. The fraction of sp³-hybridized carbons (Fsp3) is 0.133. The molecule has 2 rings (SSSR count). The van der Waals surface area contributed by atoms with Crippen molar-refractivity contribution in [2.75, 3.05) is 11.9 Å². The van der Waals surface area contributed by atoms with Crippen molar-refractivity contribution in [1.82, 2.24) is 0 Å². The number of anilines is 1. The molecule has 0 aliphatic heterocycles. The molecule has 0 fully saturated rings. The van der Waals surface area contributed by atoms with Crippen molar-refractivity contribution in [3.05, 3.63) is 53.6 Å². The summed E-state index contributed by atoms with van der Waals surface area (Å²) in [5, 5.41) is 11.3.